The van der Waals surface area contributed by atoms with E-state index < -0.39 is 6.10 Å². The second kappa shape index (κ2) is 8.19. The maximum Gasteiger partial charge on any atom is 0.144 e. The molecular formula is C22H30N2O2. The highest BCUT2D eigenvalue weighted by molar-refractivity contribution is 6.08. The maximum atomic E-state index is 10.3. The highest BCUT2D eigenvalue weighted by Crippen LogP contribution is 2.30. The van der Waals surface area contributed by atoms with Crippen LogP contribution in [-0.4, -0.2) is 47.1 Å². The third-order valence-corrected chi connectivity index (χ3v) is 5.15. The molecule has 3 rings (SSSR count). The van der Waals surface area contributed by atoms with Gasteiger partial charge >= 0.3 is 0 Å². The van der Waals surface area contributed by atoms with E-state index in [0.717, 1.165) is 18.6 Å². The van der Waals surface area contributed by atoms with Gasteiger partial charge in [0.15, 0.2) is 0 Å². The van der Waals surface area contributed by atoms with Crippen LogP contribution in [0.3, 0.4) is 0 Å². The quantitative estimate of drug-likeness (QED) is 0.765. The number of hydrogen-bond acceptors (Lipinski definition) is 4. The van der Waals surface area contributed by atoms with Crippen molar-refractivity contribution >= 4 is 16.5 Å². The molecule has 0 radical (unpaired) electrons. The van der Waals surface area contributed by atoms with Crippen LogP contribution in [0, 0.1) is 0 Å². The molecule has 26 heavy (non-hydrogen) atoms. The Balaban J connectivity index is 1.64. The first-order valence-corrected chi connectivity index (χ1v) is 9.61. The molecule has 1 unspecified atom stereocenters. The Morgan fingerprint density at radius 2 is 1.77 bits per heavy atom. The van der Waals surface area contributed by atoms with Gasteiger partial charge in [-0.25, -0.2) is 0 Å². The molecule has 1 atom stereocenters. The Morgan fingerprint density at radius 3 is 2.50 bits per heavy atom. The van der Waals surface area contributed by atoms with Crippen molar-refractivity contribution in [3.8, 4) is 0 Å². The molecule has 2 aromatic rings. The molecule has 1 N–H and O–H groups in total. The molecule has 0 saturated heterocycles. The van der Waals surface area contributed by atoms with Gasteiger partial charge in [-0.3, -0.25) is 4.90 Å². The molecule has 0 fully saturated rings. The molecule has 0 saturated carbocycles. The lowest BCUT2D eigenvalue weighted by atomic mass is 10.0. The van der Waals surface area contributed by atoms with Crippen LogP contribution in [0.2, 0.25) is 0 Å². The smallest absolute Gasteiger partial charge is 0.144 e. The molecule has 0 spiro atoms. The van der Waals surface area contributed by atoms with Crippen LogP contribution in [-0.2, 0) is 11.3 Å². The lowest BCUT2D eigenvalue weighted by Crippen LogP contribution is -2.43. The van der Waals surface area contributed by atoms with Crippen LogP contribution in [0.5, 0.6) is 0 Å². The van der Waals surface area contributed by atoms with Gasteiger partial charge in [0.1, 0.15) is 12.7 Å². The minimum Gasteiger partial charge on any atom is -0.393 e. The lowest BCUT2D eigenvalue weighted by Gasteiger charge is -2.31. The van der Waals surface area contributed by atoms with E-state index in [0.29, 0.717) is 18.6 Å². The van der Waals surface area contributed by atoms with Gasteiger partial charge in [0.25, 0.3) is 0 Å². The molecule has 0 bridgehead atoms. The Morgan fingerprint density at radius 1 is 1.04 bits per heavy atom. The summed E-state index contributed by atoms with van der Waals surface area (Å²) in [4.78, 5) is 7.78. The SMILES string of the molecule is CC(C)N(CC(O)CON=C1CCc2c1ccc1ccccc21)C(C)C. The van der Waals surface area contributed by atoms with E-state index in [2.05, 4.69) is 74.1 Å². The molecule has 4 heteroatoms. The number of benzene rings is 2. The predicted octanol–water partition coefficient (Wildman–Crippen LogP) is 3.99. The van der Waals surface area contributed by atoms with Gasteiger partial charge in [0.05, 0.1) is 5.71 Å². The summed E-state index contributed by atoms with van der Waals surface area (Å²) in [5, 5.41) is 17.2. The van der Waals surface area contributed by atoms with Crippen LogP contribution in [0.25, 0.3) is 10.8 Å². The largest absolute Gasteiger partial charge is 0.393 e. The second-order valence-corrected chi connectivity index (χ2v) is 7.68. The zero-order chi connectivity index (χ0) is 18.7. The van der Waals surface area contributed by atoms with E-state index in [-0.39, 0.29) is 6.61 Å². The van der Waals surface area contributed by atoms with Crippen molar-refractivity contribution in [1.29, 1.82) is 0 Å². The standard InChI is InChI=1S/C22H30N2O2/c1-15(2)24(16(3)4)13-18(25)14-26-23-22-12-11-20-19-8-6-5-7-17(19)9-10-21(20)22/h5-10,15-16,18,25H,11-14H2,1-4H3. The van der Waals surface area contributed by atoms with Crippen LogP contribution < -0.4 is 0 Å². The third kappa shape index (κ3) is 4.08. The van der Waals surface area contributed by atoms with E-state index in [1.165, 1.54) is 21.9 Å². The van der Waals surface area contributed by atoms with Gasteiger partial charge in [-0.1, -0.05) is 41.6 Å². The van der Waals surface area contributed by atoms with E-state index in [1.807, 2.05) is 0 Å². The molecule has 0 aromatic heterocycles. The summed E-state index contributed by atoms with van der Waals surface area (Å²) in [6.45, 7) is 9.41. The second-order valence-electron chi connectivity index (χ2n) is 7.68. The first-order valence-electron chi connectivity index (χ1n) is 9.61. The molecule has 4 nitrogen and oxygen atoms in total. The number of aliphatic hydroxyl groups excluding tert-OH is 1. The Hall–Kier alpha value is -1.91. The Labute approximate surface area is 156 Å². The fraction of sp³-hybridized carbons (Fsp3) is 0.500. The first-order chi connectivity index (χ1) is 12.5. The number of hydrogen-bond donors (Lipinski definition) is 1. The summed E-state index contributed by atoms with van der Waals surface area (Å²) in [5.41, 5.74) is 3.53. The topological polar surface area (TPSA) is 45.1 Å². The minimum absolute atomic E-state index is 0.225. The Kier molecular flexibility index (Phi) is 5.94. The van der Waals surface area contributed by atoms with Gasteiger partial charge in [-0.15, -0.1) is 0 Å². The van der Waals surface area contributed by atoms with E-state index in [4.69, 9.17) is 4.84 Å². The van der Waals surface area contributed by atoms with Crippen molar-refractivity contribution < 1.29 is 9.94 Å². The van der Waals surface area contributed by atoms with Crippen LogP contribution in [0.15, 0.2) is 41.6 Å². The number of aliphatic hydroxyl groups is 1. The molecule has 0 aliphatic heterocycles. The summed E-state index contributed by atoms with van der Waals surface area (Å²) < 4.78 is 0. The van der Waals surface area contributed by atoms with Gasteiger partial charge < -0.3 is 9.94 Å². The van der Waals surface area contributed by atoms with E-state index in [9.17, 15) is 5.11 Å². The van der Waals surface area contributed by atoms with Crippen molar-refractivity contribution in [3.05, 3.63) is 47.5 Å². The summed E-state index contributed by atoms with van der Waals surface area (Å²) in [6, 6.07) is 13.5. The van der Waals surface area contributed by atoms with Gasteiger partial charge in [-0.2, -0.15) is 0 Å². The highest BCUT2D eigenvalue weighted by atomic mass is 16.6. The van der Waals surface area contributed by atoms with Gasteiger partial charge in [0.2, 0.25) is 0 Å². The van der Waals surface area contributed by atoms with Crippen molar-refractivity contribution in [2.24, 2.45) is 5.16 Å². The summed E-state index contributed by atoms with van der Waals surface area (Å²) in [6.07, 6.45) is 1.35. The number of fused-ring (bicyclic) bond motifs is 3. The van der Waals surface area contributed by atoms with Gasteiger partial charge in [0, 0.05) is 24.2 Å². The van der Waals surface area contributed by atoms with E-state index in [1.54, 1.807) is 0 Å². The lowest BCUT2D eigenvalue weighted by molar-refractivity contribution is 0.00591. The van der Waals surface area contributed by atoms with Gasteiger partial charge in [-0.05, 0) is 56.9 Å². The van der Waals surface area contributed by atoms with Crippen molar-refractivity contribution in [2.75, 3.05) is 13.2 Å². The summed E-state index contributed by atoms with van der Waals surface area (Å²) >= 11 is 0. The van der Waals surface area contributed by atoms with Crippen LogP contribution in [0.4, 0.5) is 0 Å². The zero-order valence-electron chi connectivity index (χ0n) is 16.3. The number of nitrogens with zero attached hydrogens (tertiary/aromatic N) is 2. The van der Waals surface area contributed by atoms with Crippen molar-refractivity contribution in [1.82, 2.24) is 4.90 Å². The monoisotopic (exact) mass is 354 g/mol. The summed E-state index contributed by atoms with van der Waals surface area (Å²) in [5.74, 6) is 0. The minimum atomic E-state index is -0.540. The molecule has 1 aliphatic carbocycles. The molecular weight excluding hydrogens is 324 g/mol. The summed E-state index contributed by atoms with van der Waals surface area (Å²) in [7, 11) is 0. The number of aryl methyl sites for hydroxylation is 1. The van der Waals surface area contributed by atoms with Crippen LogP contribution in [0.1, 0.15) is 45.2 Å². The van der Waals surface area contributed by atoms with Crippen molar-refractivity contribution in [3.63, 3.8) is 0 Å². The average molecular weight is 354 g/mol. The maximum absolute atomic E-state index is 10.3. The average Bonchev–Trinajstić information content (AvgIpc) is 3.03. The first kappa shape index (κ1) is 18.9. The fourth-order valence-corrected chi connectivity index (χ4v) is 3.86. The van der Waals surface area contributed by atoms with E-state index >= 15 is 0 Å². The fourth-order valence-electron chi connectivity index (χ4n) is 3.86. The Bertz CT molecular complexity index is 775. The zero-order valence-corrected chi connectivity index (χ0v) is 16.3. The van der Waals surface area contributed by atoms with Crippen LogP contribution >= 0.6 is 0 Å². The molecule has 2 aromatic carbocycles. The molecule has 140 valence electrons. The normalized spacial score (nSPS) is 16.8. The number of oxime groups is 1. The molecule has 0 heterocycles. The predicted molar refractivity (Wildman–Crippen MR) is 108 cm³/mol. The highest BCUT2D eigenvalue weighted by Gasteiger charge is 2.21. The van der Waals surface area contributed by atoms with Crippen molar-refractivity contribution in [2.45, 2.75) is 58.7 Å². The number of rotatable bonds is 7. The molecule has 1 aliphatic rings. The molecule has 0 amide bonds. The third-order valence-electron chi connectivity index (χ3n) is 5.15.